The molecule has 30 heavy (non-hydrogen) atoms. The zero-order chi connectivity index (χ0) is 21.4. The normalized spacial score (nSPS) is 18.4. The van der Waals surface area contributed by atoms with Crippen LogP contribution in [0.1, 0.15) is 30.2 Å². The second-order valence-corrected chi connectivity index (χ2v) is 8.85. The molecular weight excluding hydrogens is 421 g/mol. The van der Waals surface area contributed by atoms with Crippen molar-refractivity contribution in [1.82, 2.24) is 19.5 Å². The van der Waals surface area contributed by atoms with E-state index < -0.39 is 21.8 Å². The summed E-state index contributed by atoms with van der Waals surface area (Å²) >= 11 is 0. The highest BCUT2D eigenvalue weighted by Gasteiger charge is 2.34. The molecule has 1 atom stereocenters. The lowest BCUT2D eigenvalue weighted by atomic mass is 10.00. The number of rotatable bonds is 4. The minimum atomic E-state index is -4.43. The van der Waals surface area contributed by atoms with Gasteiger partial charge in [-0.25, -0.2) is 8.42 Å². The molecule has 1 saturated heterocycles. The van der Waals surface area contributed by atoms with E-state index in [1.54, 1.807) is 6.07 Å². The summed E-state index contributed by atoms with van der Waals surface area (Å²) in [5, 5.41) is 7.93. The summed E-state index contributed by atoms with van der Waals surface area (Å²) in [6.45, 7) is 0.541. The minimum Gasteiger partial charge on any atom is -0.420 e. The van der Waals surface area contributed by atoms with Crippen LogP contribution in [0.4, 0.5) is 13.2 Å². The van der Waals surface area contributed by atoms with E-state index in [1.807, 2.05) is 0 Å². The molecular formula is C19H17F3N4O3S. The largest absolute Gasteiger partial charge is 0.420 e. The molecule has 0 aliphatic carbocycles. The molecule has 3 heterocycles. The van der Waals surface area contributed by atoms with Gasteiger partial charge < -0.3 is 4.42 Å². The van der Waals surface area contributed by atoms with Crippen LogP contribution in [0.5, 0.6) is 0 Å². The highest BCUT2D eigenvalue weighted by molar-refractivity contribution is 7.89. The quantitative estimate of drug-likeness (QED) is 0.617. The van der Waals surface area contributed by atoms with E-state index in [0.29, 0.717) is 24.9 Å². The third kappa shape index (κ3) is 4.08. The first-order valence-electron chi connectivity index (χ1n) is 9.16. The van der Waals surface area contributed by atoms with Gasteiger partial charge in [0.15, 0.2) is 0 Å². The second kappa shape index (κ2) is 7.80. The summed E-state index contributed by atoms with van der Waals surface area (Å²) in [6, 6.07) is 7.47. The zero-order valence-corrected chi connectivity index (χ0v) is 16.4. The summed E-state index contributed by atoms with van der Waals surface area (Å²) in [5.74, 6) is 0.0443. The van der Waals surface area contributed by atoms with Gasteiger partial charge in [-0.3, -0.25) is 4.98 Å². The Morgan fingerprint density at radius 1 is 1.10 bits per heavy atom. The first-order chi connectivity index (χ1) is 14.2. The molecule has 0 bridgehead atoms. The van der Waals surface area contributed by atoms with Crippen molar-refractivity contribution >= 4 is 10.0 Å². The lowest BCUT2D eigenvalue weighted by Crippen LogP contribution is -2.39. The summed E-state index contributed by atoms with van der Waals surface area (Å²) < 4.78 is 70.8. The number of hydrogen-bond donors (Lipinski definition) is 0. The van der Waals surface area contributed by atoms with Gasteiger partial charge in [0, 0.05) is 31.0 Å². The summed E-state index contributed by atoms with van der Waals surface area (Å²) in [6.07, 6.45) is -0.354. The van der Waals surface area contributed by atoms with Gasteiger partial charge in [0.2, 0.25) is 21.8 Å². The molecule has 4 rings (SSSR count). The molecule has 1 unspecified atom stereocenters. The topological polar surface area (TPSA) is 89.2 Å². The Bertz CT molecular complexity index is 1120. The number of hydrogen-bond acceptors (Lipinski definition) is 6. The Hall–Kier alpha value is -2.79. The Morgan fingerprint density at radius 2 is 1.87 bits per heavy atom. The van der Waals surface area contributed by atoms with Crippen LogP contribution in [0, 0.1) is 0 Å². The minimum absolute atomic E-state index is 0.0889. The van der Waals surface area contributed by atoms with Crippen molar-refractivity contribution in [2.75, 3.05) is 13.1 Å². The molecule has 0 amide bonds. The van der Waals surface area contributed by atoms with E-state index in [-0.39, 0.29) is 29.1 Å². The molecule has 11 heteroatoms. The standard InChI is InChI=1S/C19H17F3N4O3S/c20-19(21,22)15-7-5-13(6-8-15)17-24-25-18(29-17)14-3-2-10-26(12-14)30(27,28)16-4-1-9-23-11-16/h1,4-9,11,14H,2-3,10,12H2. The van der Waals surface area contributed by atoms with Crippen molar-refractivity contribution in [1.29, 1.82) is 0 Å². The fourth-order valence-corrected chi connectivity index (χ4v) is 4.82. The fraction of sp³-hybridized carbons (Fsp3) is 0.316. The van der Waals surface area contributed by atoms with Gasteiger partial charge in [-0.05, 0) is 49.2 Å². The number of piperidine rings is 1. The highest BCUT2D eigenvalue weighted by Crippen LogP contribution is 2.33. The van der Waals surface area contributed by atoms with Gasteiger partial charge in [0.1, 0.15) is 4.90 Å². The highest BCUT2D eigenvalue weighted by atomic mass is 32.2. The van der Waals surface area contributed by atoms with E-state index in [1.165, 1.54) is 34.9 Å². The van der Waals surface area contributed by atoms with Crippen molar-refractivity contribution in [2.24, 2.45) is 0 Å². The van der Waals surface area contributed by atoms with Gasteiger partial charge in [-0.2, -0.15) is 17.5 Å². The van der Waals surface area contributed by atoms with Crippen molar-refractivity contribution in [3.05, 3.63) is 60.2 Å². The number of alkyl halides is 3. The van der Waals surface area contributed by atoms with Crippen LogP contribution < -0.4 is 0 Å². The van der Waals surface area contributed by atoms with Gasteiger partial charge in [-0.1, -0.05) is 0 Å². The van der Waals surface area contributed by atoms with E-state index in [4.69, 9.17) is 4.42 Å². The van der Waals surface area contributed by atoms with Gasteiger partial charge in [0.05, 0.1) is 11.5 Å². The molecule has 7 nitrogen and oxygen atoms in total. The summed E-state index contributed by atoms with van der Waals surface area (Å²) in [5.41, 5.74) is -0.410. The van der Waals surface area contributed by atoms with Crippen molar-refractivity contribution < 1.29 is 26.0 Å². The maximum absolute atomic E-state index is 12.8. The first-order valence-corrected chi connectivity index (χ1v) is 10.6. The number of nitrogens with zero attached hydrogens (tertiary/aromatic N) is 4. The predicted octanol–water partition coefficient (Wildman–Crippen LogP) is 3.72. The predicted molar refractivity (Wildman–Crippen MR) is 99.7 cm³/mol. The SMILES string of the molecule is O=S(=O)(c1cccnc1)N1CCCC(c2nnc(-c3ccc(C(F)(F)F)cc3)o2)C1. The molecule has 158 valence electrons. The van der Waals surface area contributed by atoms with Crippen LogP contribution in [0.3, 0.4) is 0 Å². The average molecular weight is 438 g/mol. The molecule has 0 saturated carbocycles. The van der Waals surface area contributed by atoms with Crippen LogP contribution in [0.2, 0.25) is 0 Å². The van der Waals surface area contributed by atoms with Gasteiger partial charge in [-0.15, -0.1) is 10.2 Å². The molecule has 0 N–H and O–H groups in total. The van der Waals surface area contributed by atoms with Crippen molar-refractivity contribution in [3.8, 4) is 11.5 Å². The van der Waals surface area contributed by atoms with Crippen LogP contribution >= 0.6 is 0 Å². The van der Waals surface area contributed by atoms with Crippen molar-refractivity contribution in [3.63, 3.8) is 0 Å². The Balaban J connectivity index is 1.52. The summed E-state index contributed by atoms with van der Waals surface area (Å²) in [7, 11) is -3.69. The molecule has 2 aromatic heterocycles. The van der Waals surface area contributed by atoms with Gasteiger partial charge >= 0.3 is 6.18 Å². The fourth-order valence-electron chi connectivity index (χ4n) is 3.33. The number of pyridine rings is 1. The Labute approximate surface area is 170 Å². The monoisotopic (exact) mass is 438 g/mol. The van der Waals surface area contributed by atoms with Crippen molar-refractivity contribution in [2.45, 2.75) is 29.8 Å². The maximum atomic E-state index is 12.8. The molecule has 1 aliphatic rings. The van der Waals surface area contributed by atoms with E-state index >= 15 is 0 Å². The first kappa shape index (κ1) is 20.5. The van der Waals surface area contributed by atoms with Crippen LogP contribution in [0.15, 0.2) is 58.1 Å². The van der Waals surface area contributed by atoms with Crippen LogP contribution in [-0.2, 0) is 16.2 Å². The smallest absolute Gasteiger partial charge is 0.416 e. The third-order valence-electron chi connectivity index (χ3n) is 4.91. The molecule has 3 aromatic rings. The van der Waals surface area contributed by atoms with Crippen LogP contribution in [-0.4, -0.2) is 41.0 Å². The third-order valence-corrected chi connectivity index (χ3v) is 6.75. The Morgan fingerprint density at radius 3 is 2.53 bits per heavy atom. The second-order valence-electron chi connectivity index (χ2n) is 6.91. The molecule has 0 radical (unpaired) electrons. The zero-order valence-electron chi connectivity index (χ0n) is 15.6. The van der Waals surface area contributed by atoms with E-state index in [2.05, 4.69) is 15.2 Å². The molecule has 1 fully saturated rings. The molecule has 1 aromatic carbocycles. The molecule has 1 aliphatic heterocycles. The van der Waals surface area contributed by atoms with E-state index in [0.717, 1.165) is 12.1 Å². The maximum Gasteiger partial charge on any atom is 0.416 e. The Kier molecular flexibility index (Phi) is 5.33. The number of sulfonamides is 1. The number of halogens is 3. The number of benzene rings is 1. The van der Waals surface area contributed by atoms with Crippen LogP contribution in [0.25, 0.3) is 11.5 Å². The summed E-state index contributed by atoms with van der Waals surface area (Å²) in [4.78, 5) is 3.98. The lowest BCUT2D eigenvalue weighted by Gasteiger charge is -2.30. The number of aromatic nitrogens is 3. The molecule has 0 spiro atoms. The van der Waals surface area contributed by atoms with E-state index in [9.17, 15) is 21.6 Å². The van der Waals surface area contributed by atoms with Gasteiger partial charge in [0.25, 0.3) is 0 Å². The average Bonchev–Trinajstić information content (AvgIpc) is 3.24. The lowest BCUT2D eigenvalue weighted by molar-refractivity contribution is -0.137.